The van der Waals surface area contributed by atoms with Gasteiger partial charge in [-0.3, -0.25) is 0 Å². The molecule has 0 bridgehead atoms. The second-order valence-corrected chi connectivity index (χ2v) is 7.62. The van der Waals surface area contributed by atoms with Crippen molar-refractivity contribution in [3.8, 4) is 6.07 Å². The lowest BCUT2D eigenvalue weighted by Crippen LogP contribution is -2.18. The molecule has 1 saturated heterocycles. The van der Waals surface area contributed by atoms with Gasteiger partial charge in [0.1, 0.15) is 0 Å². The Morgan fingerprint density at radius 3 is 3.00 bits per heavy atom. The normalized spacial score (nSPS) is 22.7. The van der Waals surface area contributed by atoms with Crippen LogP contribution in [-0.4, -0.2) is 27.4 Å². The van der Waals surface area contributed by atoms with E-state index in [0.29, 0.717) is 24.0 Å². The predicted octanol–water partition coefficient (Wildman–Crippen LogP) is 3.46. The first-order valence-corrected chi connectivity index (χ1v) is 8.76. The smallest absolute Gasteiger partial charge is 0.227 e. The SMILES string of the molecule is CCC(C)(CC#N)Cc1nc(C2CSCCS2)no1. The van der Waals surface area contributed by atoms with Gasteiger partial charge in [-0.25, -0.2) is 0 Å². The summed E-state index contributed by atoms with van der Waals surface area (Å²) in [7, 11) is 0. The van der Waals surface area contributed by atoms with E-state index in [-0.39, 0.29) is 5.41 Å². The van der Waals surface area contributed by atoms with Crippen LogP contribution in [0.4, 0.5) is 0 Å². The van der Waals surface area contributed by atoms with E-state index < -0.39 is 0 Å². The topological polar surface area (TPSA) is 62.7 Å². The maximum absolute atomic E-state index is 8.90. The third-order valence-electron chi connectivity index (χ3n) is 3.53. The Hall–Kier alpha value is -0.670. The van der Waals surface area contributed by atoms with Crippen LogP contribution in [0.25, 0.3) is 0 Å². The maximum atomic E-state index is 8.90. The van der Waals surface area contributed by atoms with Crippen LogP contribution in [0, 0.1) is 16.7 Å². The van der Waals surface area contributed by atoms with Gasteiger partial charge in [0.15, 0.2) is 5.82 Å². The summed E-state index contributed by atoms with van der Waals surface area (Å²) in [6.45, 7) is 4.20. The van der Waals surface area contributed by atoms with Crippen LogP contribution in [0.1, 0.15) is 43.7 Å². The van der Waals surface area contributed by atoms with Crippen molar-refractivity contribution in [2.75, 3.05) is 17.3 Å². The van der Waals surface area contributed by atoms with Crippen LogP contribution >= 0.6 is 23.5 Å². The molecule has 0 spiro atoms. The molecular weight excluding hydrogens is 278 g/mol. The van der Waals surface area contributed by atoms with Gasteiger partial charge in [0.25, 0.3) is 0 Å². The minimum Gasteiger partial charge on any atom is -0.339 e. The lowest BCUT2D eigenvalue weighted by atomic mass is 9.81. The minimum absolute atomic E-state index is 0.0625. The van der Waals surface area contributed by atoms with Gasteiger partial charge >= 0.3 is 0 Å². The van der Waals surface area contributed by atoms with Gasteiger partial charge in [0.2, 0.25) is 5.89 Å². The molecule has 0 N–H and O–H groups in total. The quantitative estimate of drug-likeness (QED) is 0.829. The fourth-order valence-electron chi connectivity index (χ4n) is 1.98. The highest BCUT2D eigenvalue weighted by atomic mass is 32.2. The number of nitriles is 1. The molecule has 2 heterocycles. The van der Waals surface area contributed by atoms with Crippen molar-refractivity contribution in [3.63, 3.8) is 0 Å². The van der Waals surface area contributed by atoms with Crippen LogP contribution < -0.4 is 0 Å². The fourth-order valence-corrected chi connectivity index (χ4v) is 4.56. The molecule has 104 valence electrons. The Morgan fingerprint density at radius 1 is 1.53 bits per heavy atom. The van der Waals surface area contributed by atoms with E-state index in [9.17, 15) is 0 Å². The van der Waals surface area contributed by atoms with Crippen molar-refractivity contribution in [3.05, 3.63) is 11.7 Å². The molecule has 0 aromatic carbocycles. The molecule has 19 heavy (non-hydrogen) atoms. The highest BCUT2D eigenvalue weighted by molar-refractivity contribution is 8.06. The van der Waals surface area contributed by atoms with Gasteiger partial charge in [-0.1, -0.05) is 19.0 Å². The highest BCUT2D eigenvalue weighted by Gasteiger charge is 2.27. The Morgan fingerprint density at radius 2 is 2.37 bits per heavy atom. The molecule has 0 aliphatic carbocycles. The maximum Gasteiger partial charge on any atom is 0.227 e. The lowest BCUT2D eigenvalue weighted by Gasteiger charge is -2.22. The Balaban J connectivity index is 2.02. The van der Waals surface area contributed by atoms with Gasteiger partial charge in [-0.2, -0.15) is 22.0 Å². The zero-order valence-corrected chi connectivity index (χ0v) is 13.0. The van der Waals surface area contributed by atoms with Crippen molar-refractivity contribution in [2.45, 2.75) is 38.4 Å². The molecule has 2 unspecified atom stereocenters. The number of nitrogens with zero attached hydrogens (tertiary/aromatic N) is 3. The fraction of sp³-hybridized carbons (Fsp3) is 0.769. The molecule has 0 amide bonds. The second-order valence-electron chi connectivity index (χ2n) is 5.16. The third-order valence-corrected chi connectivity index (χ3v) is 6.28. The van der Waals surface area contributed by atoms with Crippen LogP contribution in [0.5, 0.6) is 0 Å². The predicted molar refractivity (Wildman–Crippen MR) is 79.2 cm³/mol. The summed E-state index contributed by atoms with van der Waals surface area (Å²) in [6.07, 6.45) is 2.15. The van der Waals surface area contributed by atoms with E-state index in [1.165, 1.54) is 5.75 Å². The van der Waals surface area contributed by atoms with Gasteiger partial charge in [0.05, 0.1) is 11.3 Å². The van der Waals surface area contributed by atoms with Crippen molar-refractivity contribution in [1.82, 2.24) is 10.1 Å². The highest BCUT2D eigenvalue weighted by Crippen LogP contribution is 2.36. The third kappa shape index (κ3) is 3.90. The first-order valence-electron chi connectivity index (χ1n) is 6.55. The number of hydrogen-bond donors (Lipinski definition) is 0. The molecule has 4 nitrogen and oxygen atoms in total. The molecular formula is C13H19N3OS2. The minimum atomic E-state index is -0.0625. The number of hydrogen-bond acceptors (Lipinski definition) is 6. The van der Waals surface area contributed by atoms with E-state index >= 15 is 0 Å². The zero-order chi connectivity index (χ0) is 13.7. The first-order chi connectivity index (χ1) is 9.17. The van der Waals surface area contributed by atoms with Crippen LogP contribution in [0.3, 0.4) is 0 Å². The van der Waals surface area contributed by atoms with Crippen molar-refractivity contribution in [2.24, 2.45) is 5.41 Å². The Labute approximate surface area is 122 Å². The summed E-state index contributed by atoms with van der Waals surface area (Å²) in [4.78, 5) is 4.53. The summed E-state index contributed by atoms with van der Waals surface area (Å²) in [5.74, 6) is 4.92. The average Bonchev–Trinajstić information content (AvgIpc) is 2.88. The molecule has 6 heteroatoms. The van der Waals surface area contributed by atoms with Crippen molar-refractivity contribution >= 4 is 23.5 Å². The molecule has 0 saturated carbocycles. The van der Waals surface area contributed by atoms with E-state index in [0.717, 1.165) is 23.8 Å². The van der Waals surface area contributed by atoms with Gasteiger partial charge in [-0.05, 0) is 11.8 Å². The van der Waals surface area contributed by atoms with Crippen molar-refractivity contribution < 1.29 is 4.52 Å². The Kier molecular flexibility index (Phi) is 5.17. The van der Waals surface area contributed by atoms with E-state index in [1.807, 2.05) is 23.5 Å². The summed E-state index contributed by atoms with van der Waals surface area (Å²) in [5, 5.41) is 13.4. The number of aromatic nitrogens is 2. The molecule has 1 aliphatic rings. The summed E-state index contributed by atoms with van der Waals surface area (Å²) in [6, 6.07) is 2.25. The van der Waals surface area contributed by atoms with E-state index in [2.05, 4.69) is 30.1 Å². The van der Waals surface area contributed by atoms with E-state index in [1.54, 1.807) is 0 Å². The number of thioether (sulfide) groups is 2. The van der Waals surface area contributed by atoms with Crippen LogP contribution in [0.2, 0.25) is 0 Å². The summed E-state index contributed by atoms with van der Waals surface area (Å²) >= 11 is 3.85. The van der Waals surface area contributed by atoms with Crippen LogP contribution in [-0.2, 0) is 6.42 Å². The van der Waals surface area contributed by atoms with E-state index in [4.69, 9.17) is 9.78 Å². The molecule has 2 rings (SSSR count). The summed E-state index contributed by atoms with van der Waals surface area (Å²) in [5.41, 5.74) is -0.0625. The molecule has 1 aromatic rings. The van der Waals surface area contributed by atoms with Crippen LogP contribution in [0.15, 0.2) is 4.52 Å². The zero-order valence-electron chi connectivity index (χ0n) is 11.4. The van der Waals surface area contributed by atoms with Gasteiger partial charge < -0.3 is 4.52 Å². The molecule has 1 aliphatic heterocycles. The molecule has 1 fully saturated rings. The van der Waals surface area contributed by atoms with Gasteiger partial charge in [-0.15, -0.1) is 11.8 Å². The van der Waals surface area contributed by atoms with Crippen molar-refractivity contribution in [1.29, 1.82) is 5.26 Å². The summed E-state index contributed by atoms with van der Waals surface area (Å²) < 4.78 is 5.37. The van der Waals surface area contributed by atoms with Gasteiger partial charge in [0, 0.05) is 30.1 Å². The molecule has 0 radical (unpaired) electrons. The monoisotopic (exact) mass is 297 g/mol. The Bertz CT molecular complexity index is 451. The largest absolute Gasteiger partial charge is 0.339 e. The average molecular weight is 297 g/mol. The molecule has 2 atom stereocenters. The second kappa shape index (κ2) is 6.67. The lowest BCUT2D eigenvalue weighted by molar-refractivity contribution is 0.265. The molecule has 1 aromatic heterocycles. The number of rotatable bonds is 5. The standard InChI is InChI=1S/C13H19N3OS2/c1-3-13(2,4-5-14)8-11-15-12(16-17-11)10-9-18-6-7-19-10/h10H,3-4,6-9H2,1-2H3. The first kappa shape index (κ1) is 14.7.